The molecular weight excluding hydrogens is 686 g/mol. The molecule has 7 rings (SSSR count). The molecule has 0 aromatic carbocycles. The predicted molar refractivity (Wildman–Crippen MR) is 155 cm³/mol. The number of anilines is 1. The van der Waals surface area contributed by atoms with E-state index in [-0.39, 0.29) is 34.0 Å². The van der Waals surface area contributed by atoms with Gasteiger partial charge in [0.1, 0.15) is 42.1 Å². The van der Waals surface area contributed by atoms with Crippen LogP contribution in [0.5, 0.6) is 0 Å². The molecule has 0 aliphatic carbocycles. The van der Waals surface area contributed by atoms with Gasteiger partial charge in [-0.25, -0.2) is 33.7 Å². The lowest BCUT2D eigenvalue weighted by molar-refractivity contribution is -0.0599. The van der Waals surface area contributed by atoms with Gasteiger partial charge < -0.3 is 39.0 Å². The highest BCUT2D eigenvalue weighted by atomic mass is 32.5. The number of hydrogen-bond acceptors (Lipinski definition) is 15. The van der Waals surface area contributed by atoms with Gasteiger partial charge in [0.15, 0.2) is 47.4 Å². The average Bonchev–Trinajstić information content (AvgIpc) is 3.72. The molecule has 3 aliphatic rings. The van der Waals surface area contributed by atoms with E-state index in [1.54, 1.807) is 0 Å². The first-order valence-corrected chi connectivity index (χ1v) is 18.3. The Morgan fingerprint density at radius 3 is 2.27 bits per heavy atom. The van der Waals surface area contributed by atoms with Crippen LogP contribution in [0.1, 0.15) is 18.3 Å². The van der Waals surface area contributed by atoms with Crippen LogP contribution < -0.4 is 11.3 Å². The maximum atomic E-state index is 16.0. The average molecular weight is 710 g/mol. The first-order chi connectivity index (χ1) is 21.3. The summed E-state index contributed by atoms with van der Waals surface area (Å²) in [5.74, 6) is 0.293. The Morgan fingerprint density at radius 2 is 1.53 bits per heavy atom. The second-order valence-electron chi connectivity index (χ2n) is 10.2. The summed E-state index contributed by atoms with van der Waals surface area (Å²) in [6.07, 6.45) is -9.37. The van der Waals surface area contributed by atoms with Crippen molar-refractivity contribution in [1.29, 1.82) is 0 Å². The Hall–Kier alpha value is -2.46. The van der Waals surface area contributed by atoms with Crippen LogP contribution in [0, 0.1) is 6.92 Å². The number of fused-ring (bicyclic) bond motifs is 5. The van der Waals surface area contributed by atoms with Gasteiger partial charge in [0.2, 0.25) is 0 Å². The summed E-state index contributed by atoms with van der Waals surface area (Å²) in [6, 6.07) is 0. The third-order valence-electron chi connectivity index (χ3n) is 7.33. The van der Waals surface area contributed by atoms with Crippen LogP contribution in [0.3, 0.4) is 0 Å². The second-order valence-corrected chi connectivity index (χ2v) is 15.8. The van der Waals surface area contributed by atoms with Gasteiger partial charge in [-0.15, -0.1) is 0 Å². The number of aryl methyl sites for hydroxylation is 1. The Kier molecular flexibility index (Phi) is 7.86. The zero-order valence-corrected chi connectivity index (χ0v) is 26.1. The summed E-state index contributed by atoms with van der Waals surface area (Å²) < 4.78 is 68.2. The minimum atomic E-state index is -4.32. The van der Waals surface area contributed by atoms with Gasteiger partial charge in [-0.3, -0.25) is 23.0 Å². The van der Waals surface area contributed by atoms with Crippen molar-refractivity contribution < 1.29 is 46.1 Å². The fourth-order valence-electron chi connectivity index (χ4n) is 5.33. The molecular formula is C21H23F2N9O9P2S2. The molecule has 24 heteroatoms. The normalized spacial score (nSPS) is 37.7. The summed E-state index contributed by atoms with van der Waals surface area (Å²) in [5.41, 5.74) is 5.61. The SMILES string of the molecule is Cc1nc2c(ncn2[C@@H]2O[C@@H]3COP(O)(=S)O[C@H]4[C@@H](F)[C@H](n5cnc6c(N)ncnc65)O[C@@H]4COP(O)(=S)O[C@@H]2[C@@H]3F)c(=O)[nH]1. The molecule has 0 amide bonds. The number of nitrogens with two attached hydrogens (primary N) is 1. The Balaban J connectivity index is 1.21. The van der Waals surface area contributed by atoms with Gasteiger partial charge in [-0.1, -0.05) is 0 Å². The van der Waals surface area contributed by atoms with Crippen LogP contribution in [0.4, 0.5) is 14.6 Å². The summed E-state index contributed by atoms with van der Waals surface area (Å²) >= 11 is 10.3. The van der Waals surface area contributed by atoms with E-state index in [4.69, 9.17) is 56.9 Å². The van der Waals surface area contributed by atoms with E-state index >= 15 is 8.78 Å². The van der Waals surface area contributed by atoms with Gasteiger partial charge in [-0.05, 0) is 30.5 Å². The Morgan fingerprint density at radius 1 is 0.911 bits per heavy atom. The molecule has 3 saturated heterocycles. The molecule has 10 atom stereocenters. The third-order valence-corrected chi connectivity index (χ3v) is 10.5. The van der Waals surface area contributed by atoms with Gasteiger partial charge >= 0.3 is 13.4 Å². The predicted octanol–water partition coefficient (Wildman–Crippen LogP) is 0.572. The molecule has 18 nitrogen and oxygen atoms in total. The van der Waals surface area contributed by atoms with Gasteiger partial charge in [0, 0.05) is 0 Å². The zero-order chi connectivity index (χ0) is 31.8. The first-order valence-electron chi connectivity index (χ1n) is 13.1. The Bertz CT molecular complexity index is 1950. The van der Waals surface area contributed by atoms with Crippen molar-refractivity contribution >= 4 is 65.2 Å². The lowest BCUT2D eigenvalue weighted by Crippen LogP contribution is -2.34. The summed E-state index contributed by atoms with van der Waals surface area (Å²) in [6.45, 7) is -8.41. The summed E-state index contributed by atoms with van der Waals surface area (Å²) in [7, 11) is 0. The molecule has 4 aromatic heterocycles. The maximum Gasteiger partial charge on any atom is 0.325 e. The van der Waals surface area contributed by atoms with Crippen LogP contribution in [-0.2, 0) is 51.2 Å². The van der Waals surface area contributed by atoms with E-state index in [2.05, 4.69) is 29.9 Å². The second kappa shape index (κ2) is 11.4. The molecule has 3 fully saturated rings. The molecule has 4 aromatic rings. The minimum Gasteiger partial charge on any atom is -0.382 e. The van der Waals surface area contributed by atoms with Crippen molar-refractivity contribution in [2.75, 3.05) is 18.9 Å². The lowest BCUT2D eigenvalue weighted by Gasteiger charge is -2.27. The molecule has 2 bridgehead atoms. The van der Waals surface area contributed by atoms with Crippen molar-refractivity contribution in [3.63, 3.8) is 0 Å². The third kappa shape index (κ3) is 5.62. The largest absolute Gasteiger partial charge is 0.382 e. The number of nitrogens with one attached hydrogen (secondary N) is 1. The van der Waals surface area contributed by atoms with Crippen LogP contribution in [0.2, 0.25) is 0 Å². The minimum absolute atomic E-state index is 0.0359. The highest BCUT2D eigenvalue weighted by molar-refractivity contribution is 8.07. The summed E-state index contributed by atoms with van der Waals surface area (Å²) in [5, 5.41) is 0. The van der Waals surface area contributed by atoms with Gasteiger partial charge in [0.05, 0.1) is 25.9 Å². The number of aromatic amines is 1. The quantitative estimate of drug-likeness (QED) is 0.209. The Labute approximate surface area is 260 Å². The number of aromatic nitrogens is 8. The number of imidazole rings is 2. The van der Waals surface area contributed by atoms with E-state index in [0.29, 0.717) is 0 Å². The number of hydrogen-bond donors (Lipinski definition) is 4. The van der Waals surface area contributed by atoms with Crippen molar-refractivity contribution in [3.8, 4) is 0 Å². The fourth-order valence-corrected chi connectivity index (χ4v) is 8.17. The first kappa shape index (κ1) is 31.2. The summed E-state index contributed by atoms with van der Waals surface area (Å²) in [4.78, 5) is 57.2. The van der Waals surface area contributed by atoms with Crippen molar-refractivity contribution in [3.05, 3.63) is 35.2 Å². The van der Waals surface area contributed by atoms with Gasteiger partial charge in [0.25, 0.3) is 5.56 Å². The topological polar surface area (TPSA) is 229 Å². The zero-order valence-electron chi connectivity index (χ0n) is 22.7. The number of ether oxygens (including phenoxy) is 2. The molecule has 45 heavy (non-hydrogen) atoms. The number of nitrogens with zero attached hydrogens (tertiary/aromatic N) is 7. The highest BCUT2D eigenvalue weighted by Crippen LogP contribution is 2.54. The molecule has 5 N–H and O–H groups in total. The van der Waals surface area contributed by atoms with E-state index in [0.717, 1.165) is 6.33 Å². The van der Waals surface area contributed by atoms with E-state index in [9.17, 15) is 14.6 Å². The van der Waals surface area contributed by atoms with Crippen LogP contribution in [-0.4, -0.2) is 98.8 Å². The number of H-pyrrole nitrogens is 1. The van der Waals surface area contributed by atoms with E-state index in [1.807, 2.05) is 0 Å². The molecule has 0 saturated carbocycles. The monoisotopic (exact) mass is 709 g/mol. The lowest BCUT2D eigenvalue weighted by atomic mass is 10.1. The molecule has 0 radical (unpaired) electrons. The van der Waals surface area contributed by atoms with Crippen LogP contribution >= 0.6 is 13.4 Å². The van der Waals surface area contributed by atoms with E-state index in [1.165, 1.54) is 28.7 Å². The molecule has 3 aliphatic heterocycles. The molecule has 2 unspecified atom stereocenters. The maximum absolute atomic E-state index is 16.0. The molecule has 7 heterocycles. The number of halogens is 2. The van der Waals surface area contributed by atoms with Crippen molar-refractivity contribution in [2.24, 2.45) is 0 Å². The van der Waals surface area contributed by atoms with E-state index < -0.39 is 81.4 Å². The van der Waals surface area contributed by atoms with Crippen LogP contribution in [0.25, 0.3) is 22.3 Å². The number of alkyl halides is 2. The smallest absolute Gasteiger partial charge is 0.325 e. The number of nitrogen functional groups attached to an aromatic ring is 1. The standard InChI is InChI=1S/C21H23F2N9O9P2S2/c1-7-29-18-13(19(33)30-7)28-6-32(18)21-15-10(22)8(38-21)2-36-42(34,44)40-14-9(3-37-43(35,45)41-15)39-20(11(14)23)31-5-27-12-16(24)25-4-26-17(12)31/h4-6,8-11,14-15,20-21H,2-3H2,1H3,(H,34,44)(H,35,45)(H2,24,25,26)(H,29,30,33)/t8-,9-,10-,11-,14-,15-,20-,21-,42?,43?/m1/s1. The highest BCUT2D eigenvalue weighted by Gasteiger charge is 2.53. The molecule has 242 valence electrons. The molecule has 0 spiro atoms. The number of rotatable bonds is 2. The van der Waals surface area contributed by atoms with Crippen molar-refractivity contribution in [1.82, 2.24) is 39.0 Å². The van der Waals surface area contributed by atoms with Crippen molar-refractivity contribution in [2.45, 2.75) is 56.1 Å². The fraction of sp³-hybridized carbons (Fsp3) is 0.524. The van der Waals surface area contributed by atoms with Crippen LogP contribution in [0.15, 0.2) is 23.8 Å². The van der Waals surface area contributed by atoms with Gasteiger partial charge in [-0.2, -0.15) is 0 Å².